The Bertz CT molecular complexity index is 1020. The van der Waals surface area contributed by atoms with Gasteiger partial charge >= 0.3 is 0 Å². The Kier molecular flexibility index (Phi) is 6.01. The van der Waals surface area contributed by atoms with Crippen molar-refractivity contribution in [3.8, 4) is 22.8 Å². The predicted molar refractivity (Wildman–Crippen MR) is 103 cm³/mol. The third-order valence-electron chi connectivity index (χ3n) is 4.03. The van der Waals surface area contributed by atoms with Gasteiger partial charge < -0.3 is 14.8 Å². The highest BCUT2D eigenvalue weighted by atomic mass is 16.5. The number of carbonyl (C=O) groups is 1. The number of ether oxygens (including phenoxy) is 2. The molecule has 1 aromatic carbocycles. The molecule has 3 rings (SSSR count). The van der Waals surface area contributed by atoms with Crippen molar-refractivity contribution in [3.05, 3.63) is 70.8 Å². The minimum atomic E-state index is -0.364. The third kappa shape index (κ3) is 4.53. The van der Waals surface area contributed by atoms with Crippen LogP contribution in [0.3, 0.4) is 0 Å². The SMILES string of the molecule is COc1ccc(-c2ccc(=O)n(CC(=O)NCc3ccccn3)n2)cc1OC. The van der Waals surface area contributed by atoms with Gasteiger partial charge in [-0.15, -0.1) is 0 Å². The van der Waals surface area contributed by atoms with Crippen molar-refractivity contribution in [1.82, 2.24) is 20.1 Å². The highest BCUT2D eigenvalue weighted by Gasteiger charge is 2.11. The van der Waals surface area contributed by atoms with Crippen molar-refractivity contribution in [2.24, 2.45) is 0 Å². The Balaban J connectivity index is 1.76. The van der Waals surface area contributed by atoms with Gasteiger partial charge in [0.05, 0.1) is 32.2 Å². The maximum absolute atomic E-state index is 12.2. The number of pyridine rings is 1. The molecule has 0 atom stereocenters. The van der Waals surface area contributed by atoms with Crippen molar-refractivity contribution in [2.45, 2.75) is 13.1 Å². The lowest BCUT2D eigenvalue weighted by Gasteiger charge is -2.11. The van der Waals surface area contributed by atoms with Crippen LogP contribution in [0.25, 0.3) is 11.3 Å². The Morgan fingerprint density at radius 2 is 1.89 bits per heavy atom. The van der Waals surface area contributed by atoms with Gasteiger partial charge in [-0.1, -0.05) is 6.07 Å². The molecular formula is C20H20N4O4. The van der Waals surface area contributed by atoms with Crippen LogP contribution in [0.1, 0.15) is 5.69 Å². The van der Waals surface area contributed by atoms with E-state index in [1.165, 1.54) is 6.07 Å². The summed E-state index contributed by atoms with van der Waals surface area (Å²) in [5.41, 5.74) is 1.64. The van der Waals surface area contributed by atoms with Gasteiger partial charge in [-0.25, -0.2) is 4.68 Å². The topological polar surface area (TPSA) is 95.3 Å². The quantitative estimate of drug-likeness (QED) is 0.670. The van der Waals surface area contributed by atoms with E-state index < -0.39 is 0 Å². The van der Waals surface area contributed by atoms with E-state index in [1.54, 1.807) is 50.7 Å². The van der Waals surface area contributed by atoms with E-state index in [-0.39, 0.29) is 24.6 Å². The molecule has 8 heteroatoms. The Hall–Kier alpha value is -3.68. The molecular weight excluding hydrogens is 360 g/mol. The molecule has 28 heavy (non-hydrogen) atoms. The van der Waals surface area contributed by atoms with Gasteiger partial charge in [0.25, 0.3) is 5.56 Å². The summed E-state index contributed by atoms with van der Waals surface area (Å²) in [7, 11) is 3.10. The highest BCUT2D eigenvalue weighted by Crippen LogP contribution is 2.31. The molecule has 0 bridgehead atoms. The Labute approximate surface area is 161 Å². The van der Waals surface area contributed by atoms with Crippen molar-refractivity contribution in [1.29, 1.82) is 0 Å². The Morgan fingerprint density at radius 3 is 2.61 bits per heavy atom. The van der Waals surface area contributed by atoms with E-state index >= 15 is 0 Å². The number of carbonyl (C=O) groups excluding carboxylic acids is 1. The second kappa shape index (κ2) is 8.81. The number of hydrogen-bond donors (Lipinski definition) is 1. The smallest absolute Gasteiger partial charge is 0.267 e. The predicted octanol–water partition coefficient (Wildman–Crippen LogP) is 1.64. The zero-order valence-electron chi connectivity index (χ0n) is 15.6. The van der Waals surface area contributed by atoms with Gasteiger partial charge in [0.1, 0.15) is 6.54 Å². The zero-order valence-corrected chi connectivity index (χ0v) is 15.6. The van der Waals surface area contributed by atoms with Gasteiger partial charge in [0.15, 0.2) is 11.5 Å². The van der Waals surface area contributed by atoms with Gasteiger partial charge in [0, 0.05) is 17.8 Å². The van der Waals surface area contributed by atoms with Crippen LogP contribution in [-0.2, 0) is 17.9 Å². The molecule has 3 aromatic rings. The van der Waals surface area contributed by atoms with Crippen LogP contribution in [0, 0.1) is 0 Å². The van der Waals surface area contributed by atoms with Gasteiger partial charge in [-0.3, -0.25) is 14.6 Å². The standard InChI is InChI=1S/C20H20N4O4/c1-27-17-8-6-14(11-18(17)28-2)16-7-9-20(26)24(23-16)13-19(25)22-12-15-5-3-4-10-21-15/h3-11H,12-13H2,1-2H3,(H,22,25). The first-order chi connectivity index (χ1) is 13.6. The number of amides is 1. The van der Waals surface area contributed by atoms with E-state index in [0.29, 0.717) is 17.2 Å². The van der Waals surface area contributed by atoms with E-state index in [2.05, 4.69) is 15.4 Å². The fraction of sp³-hybridized carbons (Fsp3) is 0.200. The first-order valence-electron chi connectivity index (χ1n) is 8.58. The molecule has 0 fully saturated rings. The van der Waals surface area contributed by atoms with Crippen LogP contribution in [0.2, 0.25) is 0 Å². The molecule has 2 heterocycles. The molecule has 0 aliphatic rings. The number of nitrogens with one attached hydrogen (secondary N) is 1. The van der Waals surface area contributed by atoms with Crippen LogP contribution in [-0.4, -0.2) is 34.9 Å². The second-order valence-electron chi connectivity index (χ2n) is 5.88. The molecule has 8 nitrogen and oxygen atoms in total. The largest absolute Gasteiger partial charge is 0.493 e. The van der Waals surface area contributed by atoms with Crippen LogP contribution in [0.15, 0.2) is 59.5 Å². The molecule has 2 aromatic heterocycles. The third-order valence-corrected chi connectivity index (χ3v) is 4.03. The van der Waals surface area contributed by atoms with Crippen molar-refractivity contribution < 1.29 is 14.3 Å². The number of benzene rings is 1. The van der Waals surface area contributed by atoms with E-state index in [0.717, 1.165) is 15.9 Å². The van der Waals surface area contributed by atoms with E-state index in [1.807, 2.05) is 12.1 Å². The minimum Gasteiger partial charge on any atom is -0.493 e. The maximum Gasteiger partial charge on any atom is 0.267 e. The summed E-state index contributed by atoms with van der Waals surface area (Å²) < 4.78 is 11.7. The fourth-order valence-electron chi connectivity index (χ4n) is 2.60. The van der Waals surface area contributed by atoms with Crippen molar-refractivity contribution in [3.63, 3.8) is 0 Å². The van der Waals surface area contributed by atoms with Gasteiger partial charge in [0.2, 0.25) is 5.91 Å². The lowest BCUT2D eigenvalue weighted by molar-refractivity contribution is -0.122. The second-order valence-corrected chi connectivity index (χ2v) is 5.88. The molecule has 0 aliphatic heterocycles. The molecule has 0 saturated carbocycles. The molecule has 0 unspecified atom stereocenters. The van der Waals surface area contributed by atoms with Crippen molar-refractivity contribution in [2.75, 3.05) is 14.2 Å². The lowest BCUT2D eigenvalue weighted by Crippen LogP contribution is -2.33. The molecule has 1 N–H and O–H groups in total. The lowest BCUT2D eigenvalue weighted by atomic mass is 10.1. The van der Waals surface area contributed by atoms with Crippen molar-refractivity contribution >= 4 is 5.91 Å². The summed E-state index contributed by atoms with van der Waals surface area (Å²) in [6.45, 7) is 0.0938. The van der Waals surface area contributed by atoms with E-state index in [4.69, 9.17) is 9.47 Å². The van der Waals surface area contributed by atoms with E-state index in [9.17, 15) is 9.59 Å². The summed E-state index contributed by atoms with van der Waals surface area (Å²) in [6.07, 6.45) is 1.65. The summed E-state index contributed by atoms with van der Waals surface area (Å²) in [6, 6.07) is 13.8. The monoisotopic (exact) mass is 380 g/mol. The number of aromatic nitrogens is 3. The highest BCUT2D eigenvalue weighted by molar-refractivity contribution is 5.75. The summed E-state index contributed by atoms with van der Waals surface area (Å²) in [4.78, 5) is 28.4. The first kappa shape index (κ1) is 19.1. The van der Waals surface area contributed by atoms with Crippen LogP contribution >= 0.6 is 0 Å². The average molecular weight is 380 g/mol. The van der Waals surface area contributed by atoms with Gasteiger partial charge in [-0.2, -0.15) is 5.10 Å². The summed E-state index contributed by atoms with van der Waals surface area (Å²) in [5, 5.41) is 7.03. The normalized spacial score (nSPS) is 10.4. The molecule has 0 saturated heterocycles. The molecule has 0 radical (unpaired) electrons. The van der Waals surface area contributed by atoms with Gasteiger partial charge in [-0.05, 0) is 36.4 Å². The molecule has 0 aliphatic carbocycles. The van der Waals surface area contributed by atoms with Crippen LogP contribution < -0.4 is 20.3 Å². The summed E-state index contributed by atoms with van der Waals surface area (Å²) in [5.74, 6) is 0.811. The molecule has 1 amide bonds. The van der Waals surface area contributed by atoms with Crippen LogP contribution in [0.4, 0.5) is 0 Å². The number of hydrogen-bond acceptors (Lipinski definition) is 6. The number of methoxy groups -OCH3 is 2. The Morgan fingerprint density at radius 1 is 1.07 bits per heavy atom. The fourth-order valence-corrected chi connectivity index (χ4v) is 2.60. The molecule has 144 valence electrons. The van der Waals surface area contributed by atoms with Crippen LogP contribution in [0.5, 0.6) is 11.5 Å². The first-order valence-corrected chi connectivity index (χ1v) is 8.58. The summed E-state index contributed by atoms with van der Waals surface area (Å²) >= 11 is 0. The average Bonchev–Trinajstić information content (AvgIpc) is 2.74. The zero-order chi connectivity index (χ0) is 19.9. The maximum atomic E-state index is 12.2. The minimum absolute atomic E-state index is 0.188. The molecule has 0 spiro atoms. The number of nitrogens with zero attached hydrogens (tertiary/aromatic N) is 3. The number of rotatable bonds is 7.